The smallest absolute Gasteiger partial charge is 0.338 e. The SMILES string of the molecule is CCCCCOC(=O)c1ccc(NC(=O)CNCC)cc1. The molecule has 1 amide bonds. The number of carbonyl (C=O) groups is 2. The van der Waals surface area contributed by atoms with Crippen molar-refractivity contribution < 1.29 is 14.3 Å². The highest BCUT2D eigenvalue weighted by molar-refractivity contribution is 5.93. The number of ether oxygens (including phenoxy) is 1. The maximum Gasteiger partial charge on any atom is 0.338 e. The minimum Gasteiger partial charge on any atom is -0.462 e. The van der Waals surface area contributed by atoms with Crippen LogP contribution in [0.3, 0.4) is 0 Å². The Labute approximate surface area is 126 Å². The fourth-order valence-electron chi connectivity index (χ4n) is 1.73. The molecule has 0 heterocycles. The zero-order valence-electron chi connectivity index (χ0n) is 12.8. The second-order valence-corrected chi connectivity index (χ2v) is 4.75. The van der Waals surface area contributed by atoms with Gasteiger partial charge in [-0.3, -0.25) is 4.79 Å². The number of anilines is 1. The number of unbranched alkanes of at least 4 members (excludes halogenated alkanes) is 2. The van der Waals surface area contributed by atoms with Crippen LogP contribution in [0.5, 0.6) is 0 Å². The Balaban J connectivity index is 2.42. The van der Waals surface area contributed by atoms with Crippen molar-refractivity contribution in [3.8, 4) is 0 Å². The Hall–Kier alpha value is -1.88. The third kappa shape index (κ3) is 6.90. The van der Waals surface area contributed by atoms with Crippen molar-refractivity contribution >= 4 is 17.6 Å². The molecule has 0 aliphatic rings. The van der Waals surface area contributed by atoms with Crippen LogP contribution in [-0.4, -0.2) is 31.6 Å². The number of amides is 1. The molecule has 116 valence electrons. The van der Waals surface area contributed by atoms with Crippen molar-refractivity contribution in [2.24, 2.45) is 0 Å². The molecule has 0 aliphatic carbocycles. The van der Waals surface area contributed by atoms with Crippen LogP contribution in [0.1, 0.15) is 43.5 Å². The molecule has 0 radical (unpaired) electrons. The maximum absolute atomic E-state index is 11.8. The van der Waals surface area contributed by atoms with Gasteiger partial charge in [0.2, 0.25) is 5.91 Å². The van der Waals surface area contributed by atoms with Crippen LogP contribution >= 0.6 is 0 Å². The number of hydrogen-bond donors (Lipinski definition) is 2. The first-order chi connectivity index (χ1) is 10.2. The summed E-state index contributed by atoms with van der Waals surface area (Å²) >= 11 is 0. The number of nitrogens with one attached hydrogen (secondary N) is 2. The van der Waals surface area contributed by atoms with Crippen molar-refractivity contribution in [2.45, 2.75) is 33.1 Å². The van der Waals surface area contributed by atoms with Crippen molar-refractivity contribution in [1.29, 1.82) is 0 Å². The summed E-state index contributed by atoms with van der Waals surface area (Å²) in [5.41, 5.74) is 1.16. The minimum atomic E-state index is -0.323. The Bertz CT molecular complexity index is 443. The molecule has 2 N–H and O–H groups in total. The average molecular weight is 292 g/mol. The van der Waals surface area contributed by atoms with Crippen LogP contribution in [-0.2, 0) is 9.53 Å². The molecule has 1 aromatic rings. The second kappa shape index (κ2) is 9.94. The summed E-state index contributed by atoms with van der Waals surface area (Å²) in [5.74, 6) is -0.427. The lowest BCUT2D eigenvalue weighted by Crippen LogP contribution is -2.27. The van der Waals surface area contributed by atoms with Crippen molar-refractivity contribution in [1.82, 2.24) is 5.32 Å². The maximum atomic E-state index is 11.8. The number of benzene rings is 1. The number of carbonyl (C=O) groups excluding carboxylic acids is 2. The first kappa shape index (κ1) is 17.2. The van der Waals surface area contributed by atoms with E-state index in [1.54, 1.807) is 24.3 Å². The number of likely N-dealkylation sites (N-methyl/N-ethyl adjacent to an activating group) is 1. The van der Waals surface area contributed by atoms with Gasteiger partial charge in [-0.25, -0.2) is 4.79 Å². The molecule has 5 heteroatoms. The van der Waals surface area contributed by atoms with Crippen LogP contribution < -0.4 is 10.6 Å². The zero-order chi connectivity index (χ0) is 15.5. The zero-order valence-corrected chi connectivity index (χ0v) is 12.8. The molecule has 0 fully saturated rings. The van der Waals surface area contributed by atoms with Gasteiger partial charge < -0.3 is 15.4 Å². The van der Waals surface area contributed by atoms with E-state index < -0.39 is 0 Å². The van der Waals surface area contributed by atoms with E-state index in [2.05, 4.69) is 17.6 Å². The van der Waals surface area contributed by atoms with E-state index in [-0.39, 0.29) is 18.4 Å². The molecule has 0 saturated carbocycles. The van der Waals surface area contributed by atoms with E-state index in [1.165, 1.54) is 0 Å². The molecule has 0 atom stereocenters. The van der Waals surface area contributed by atoms with Gasteiger partial charge in [0.15, 0.2) is 0 Å². The lowest BCUT2D eigenvalue weighted by Gasteiger charge is -2.07. The average Bonchev–Trinajstić information content (AvgIpc) is 2.50. The van der Waals surface area contributed by atoms with Crippen LogP contribution in [0.15, 0.2) is 24.3 Å². The van der Waals surface area contributed by atoms with Gasteiger partial charge >= 0.3 is 5.97 Å². The predicted octanol–water partition coefficient (Wildman–Crippen LogP) is 2.58. The number of hydrogen-bond acceptors (Lipinski definition) is 4. The lowest BCUT2D eigenvalue weighted by molar-refractivity contribution is -0.115. The molecule has 0 aromatic heterocycles. The molecular weight excluding hydrogens is 268 g/mol. The Morgan fingerprint density at radius 1 is 1.10 bits per heavy atom. The molecule has 5 nitrogen and oxygen atoms in total. The van der Waals surface area contributed by atoms with E-state index in [0.29, 0.717) is 17.9 Å². The van der Waals surface area contributed by atoms with Gasteiger partial charge in [-0.05, 0) is 37.2 Å². The fraction of sp³-hybridized carbons (Fsp3) is 0.500. The largest absolute Gasteiger partial charge is 0.462 e. The minimum absolute atomic E-state index is 0.105. The van der Waals surface area contributed by atoms with E-state index in [1.807, 2.05) is 6.92 Å². The monoisotopic (exact) mass is 292 g/mol. The van der Waals surface area contributed by atoms with Gasteiger partial charge in [0.05, 0.1) is 18.7 Å². The topological polar surface area (TPSA) is 67.4 Å². The molecule has 1 aromatic carbocycles. The lowest BCUT2D eigenvalue weighted by atomic mass is 10.2. The van der Waals surface area contributed by atoms with Crippen molar-refractivity contribution in [3.63, 3.8) is 0 Å². The van der Waals surface area contributed by atoms with Crippen molar-refractivity contribution in [3.05, 3.63) is 29.8 Å². The van der Waals surface area contributed by atoms with Crippen LogP contribution in [0.4, 0.5) is 5.69 Å². The Morgan fingerprint density at radius 3 is 2.43 bits per heavy atom. The third-order valence-electron chi connectivity index (χ3n) is 2.92. The highest BCUT2D eigenvalue weighted by Crippen LogP contribution is 2.10. The quantitative estimate of drug-likeness (QED) is 0.542. The van der Waals surface area contributed by atoms with Gasteiger partial charge in [0.1, 0.15) is 0 Å². The van der Waals surface area contributed by atoms with E-state index >= 15 is 0 Å². The summed E-state index contributed by atoms with van der Waals surface area (Å²) in [6.45, 7) is 5.51. The van der Waals surface area contributed by atoms with Gasteiger partial charge in [-0.15, -0.1) is 0 Å². The highest BCUT2D eigenvalue weighted by atomic mass is 16.5. The third-order valence-corrected chi connectivity index (χ3v) is 2.92. The van der Waals surface area contributed by atoms with E-state index in [4.69, 9.17) is 4.74 Å². The molecule has 0 aliphatic heterocycles. The van der Waals surface area contributed by atoms with Gasteiger partial charge in [0.25, 0.3) is 0 Å². The summed E-state index contributed by atoms with van der Waals surface area (Å²) in [5, 5.41) is 5.69. The summed E-state index contributed by atoms with van der Waals surface area (Å²) in [4.78, 5) is 23.3. The molecule has 0 bridgehead atoms. The summed E-state index contributed by atoms with van der Waals surface area (Å²) in [7, 11) is 0. The molecule has 0 unspecified atom stereocenters. The van der Waals surface area contributed by atoms with Gasteiger partial charge in [0, 0.05) is 5.69 Å². The summed E-state index contributed by atoms with van der Waals surface area (Å²) in [6.07, 6.45) is 3.05. The van der Waals surface area contributed by atoms with Gasteiger partial charge in [-0.1, -0.05) is 26.7 Å². The second-order valence-electron chi connectivity index (χ2n) is 4.75. The van der Waals surface area contributed by atoms with E-state index in [0.717, 1.165) is 25.8 Å². The normalized spacial score (nSPS) is 10.2. The van der Waals surface area contributed by atoms with Crippen LogP contribution in [0.2, 0.25) is 0 Å². The van der Waals surface area contributed by atoms with Crippen LogP contribution in [0, 0.1) is 0 Å². The van der Waals surface area contributed by atoms with Crippen molar-refractivity contribution in [2.75, 3.05) is 25.0 Å². The standard InChI is InChI=1S/C16H24N2O3/c1-3-5-6-11-21-16(20)13-7-9-14(10-8-13)18-15(19)12-17-4-2/h7-10,17H,3-6,11-12H2,1-2H3,(H,18,19). The first-order valence-corrected chi connectivity index (χ1v) is 7.45. The Kier molecular flexibility index (Phi) is 8.12. The number of esters is 1. The van der Waals surface area contributed by atoms with E-state index in [9.17, 15) is 9.59 Å². The van der Waals surface area contributed by atoms with Crippen LogP contribution in [0.25, 0.3) is 0 Å². The predicted molar refractivity (Wildman–Crippen MR) is 83.4 cm³/mol. The van der Waals surface area contributed by atoms with Gasteiger partial charge in [-0.2, -0.15) is 0 Å². The molecule has 21 heavy (non-hydrogen) atoms. The highest BCUT2D eigenvalue weighted by Gasteiger charge is 2.07. The molecule has 0 saturated heterocycles. The molecular formula is C16H24N2O3. The summed E-state index contributed by atoms with van der Waals surface area (Å²) in [6, 6.07) is 6.72. The first-order valence-electron chi connectivity index (χ1n) is 7.45. The molecule has 0 spiro atoms. The molecule has 1 rings (SSSR count). The Morgan fingerprint density at radius 2 is 1.81 bits per heavy atom. The number of rotatable bonds is 9. The fourth-order valence-corrected chi connectivity index (χ4v) is 1.73. The summed E-state index contributed by atoms with van der Waals surface area (Å²) < 4.78 is 5.17.